The van der Waals surface area contributed by atoms with Gasteiger partial charge in [0.2, 0.25) is 5.88 Å². The molecule has 0 bridgehead atoms. The fraction of sp³-hybridized carbons (Fsp3) is 0. The van der Waals surface area contributed by atoms with Gasteiger partial charge in [-0.3, -0.25) is 10.1 Å². The molecular formula is C10H6N2O5S. The molecule has 92 valence electrons. The van der Waals surface area contributed by atoms with Crippen LogP contribution in [0.2, 0.25) is 0 Å². The molecule has 0 atom stereocenters. The van der Waals surface area contributed by atoms with Crippen LogP contribution in [0.4, 0.5) is 5.69 Å². The molecule has 18 heavy (non-hydrogen) atoms. The molecule has 0 radical (unpaired) electrons. The number of aromatic nitrogens is 1. The summed E-state index contributed by atoms with van der Waals surface area (Å²) < 4.78 is 5.26. The summed E-state index contributed by atoms with van der Waals surface area (Å²) in [6.45, 7) is 0. The first kappa shape index (κ1) is 12.0. The van der Waals surface area contributed by atoms with Crippen molar-refractivity contribution in [2.45, 2.75) is 0 Å². The van der Waals surface area contributed by atoms with Crippen LogP contribution in [-0.4, -0.2) is 21.0 Å². The SMILES string of the molecule is O=C(O)c1cc(Oc2ccc([N+](=O)[O-])cn2)cs1. The number of nitro groups is 1. The molecule has 2 aromatic heterocycles. The number of carbonyl (C=O) groups is 1. The summed E-state index contributed by atoms with van der Waals surface area (Å²) in [5.74, 6) is -0.541. The van der Waals surface area contributed by atoms with Crippen molar-refractivity contribution >= 4 is 23.0 Å². The molecule has 0 aliphatic heterocycles. The van der Waals surface area contributed by atoms with Gasteiger partial charge in [-0.05, 0) is 0 Å². The first-order valence-corrected chi connectivity index (χ1v) is 5.54. The molecule has 0 unspecified atom stereocenters. The Morgan fingerprint density at radius 1 is 1.50 bits per heavy atom. The summed E-state index contributed by atoms with van der Waals surface area (Å²) in [5.41, 5.74) is -0.140. The number of nitrogens with zero attached hydrogens (tertiary/aromatic N) is 2. The number of pyridine rings is 1. The summed E-state index contributed by atoms with van der Waals surface area (Å²) in [5, 5.41) is 20.7. The average Bonchev–Trinajstić information content (AvgIpc) is 2.78. The Bertz CT molecular complexity index is 593. The largest absolute Gasteiger partial charge is 0.477 e. The van der Waals surface area contributed by atoms with Gasteiger partial charge in [0.25, 0.3) is 5.69 Å². The molecule has 0 aliphatic rings. The van der Waals surface area contributed by atoms with Crippen LogP contribution in [0.5, 0.6) is 11.6 Å². The highest BCUT2D eigenvalue weighted by molar-refractivity contribution is 7.12. The Morgan fingerprint density at radius 2 is 2.28 bits per heavy atom. The van der Waals surface area contributed by atoms with Crippen molar-refractivity contribution in [3.8, 4) is 11.6 Å². The van der Waals surface area contributed by atoms with E-state index in [1.807, 2.05) is 0 Å². The van der Waals surface area contributed by atoms with Crippen LogP contribution >= 0.6 is 11.3 Å². The average molecular weight is 266 g/mol. The number of carboxylic acids is 1. The zero-order valence-electron chi connectivity index (χ0n) is 8.77. The molecule has 1 N–H and O–H groups in total. The monoisotopic (exact) mass is 266 g/mol. The molecule has 7 nitrogen and oxygen atoms in total. The van der Waals surface area contributed by atoms with Crippen LogP contribution in [0.15, 0.2) is 29.8 Å². The van der Waals surface area contributed by atoms with Gasteiger partial charge in [-0.2, -0.15) is 0 Å². The number of thiophene rings is 1. The van der Waals surface area contributed by atoms with Crippen molar-refractivity contribution in [2.75, 3.05) is 0 Å². The smallest absolute Gasteiger partial charge is 0.346 e. The highest BCUT2D eigenvalue weighted by Crippen LogP contribution is 2.26. The lowest BCUT2D eigenvalue weighted by Crippen LogP contribution is -1.92. The van der Waals surface area contributed by atoms with Crippen LogP contribution in [0, 0.1) is 10.1 Å². The normalized spacial score (nSPS) is 10.0. The maximum atomic E-state index is 10.7. The minimum Gasteiger partial charge on any atom is -0.477 e. The zero-order chi connectivity index (χ0) is 13.1. The van der Waals surface area contributed by atoms with Gasteiger partial charge in [0.15, 0.2) is 0 Å². The fourth-order valence-electron chi connectivity index (χ4n) is 1.15. The van der Waals surface area contributed by atoms with E-state index in [2.05, 4.69) is 4.98 Å². The van der Waals surface area contributed by atoms with E-state index >= 15 is 0 Å². The number of hydrogen-bond donors (Lipinski definition) is 1. The van der Waals surface area contributed by atoms with E-state index in [1.54, 1.807) is 0 Å². The summed E-state index contributed by atoms with van der Waals surface area (Å²) in [4.78, 5) is 24.4. The minimum atomic E-state index is -1.04. The van der Waals surface area contributed by atoms with E-state index in [9.17, 15) is 14.9 Å². The van der Waals surface area contributed by atoms with Crippen LogP contribution < -0.4 is 4.74 Å². The van der Waals surface area contributed by atoms with Crippen molar-refractivity contribution in [3.63, 3.8) is 0 Å². The van der Waals surface area contributed by atoms with E-state index in [0.29, 0.717) is 5.75 Å². The second-order valence-electron chi connectivity index (χ2n) is 3.17. The predicted molar refractivity (Wildman–Crippen MR) is 62.2 cm³/mol. The van der Waals surface area contributed by atoms with Gasteiger partial charge >= 0.3 is 5.97 Å². The molecular weight excluding hydrogens is 260 g/mol. The molecule has 0 saturated carbocycles. The standard InChI is InChI=1S/C10H6N2O5S/c13-10(14)8-3-7(5-18-8)17-9-2-1-6(4-11-9)12(15)16/h1-5H,(H,13,14). The molecule has 0 fully saturated rings. The Hall–Kier alpha value is -2.48. The third kappa shape index (κ3) is 2.61. The number of carboxylic acid groups (broad SMARTS) is 1. The highest BCUT2D eigenvalue weighted by atomic mass is 32.1. The molecule has 0 spiro atoms. The van der Waals surface area contributed by atoms with Gasteiger partial charge in [-0.15, -0.1) is 11.3 Å². The molecule has 0 saturated heterocycles. The van der Waals surface area contributed by atoms with E-state index in [-0.39, 0.29) is 16.4 Å². The molecule has 0 aliphatic carbocycles. The third-order valence-electron chi connectivity index (χ3n) is 1.94. The second kappa shape index (κ2) is 4.80. The number of aromatic carboxylic acids is 1. The zero-order valence-corrected chi connectivity index (χ0v) is 9.59. The van der Waals surface area contributed by atoms with Crippen molar-refractivity contribution in [1.82, 2.24) is 4.98 Å². The Balaban J connectivity index is 2.13. The van der Waals surface area contributed by atoms with Crippen molar-refractivity contribution < 1.29 is 19.6 Å². The van der Waals surface area contributed by atoms with Crippen LogP contribution in [-0.2, 0) is 0 Å². The minimum absolute atomic E-state index is 0.140. The van der Waals surface area contributed by atoms with E-state index in [4.69, 9.17) is 9.84 Å². The van der Waals surface area contributed by atoms with Gasteiger partial charge < -0.3 is 9.84 Å². The lowest BCUT2D eigenvalue weighted by Gasteiger charge is -2.00. The van der Waals surface area contributed by atoms with Crippen LogP contribution in [0.3, 0.4) is 0 Å². The highest BCUT2D eigenvalue weighted by Gasteiger charge is 2.10. The maximum absolute atomic E-state index is 10.7. The Morgan fingerprint density at radius 3 is 2.78 bits per heavy atom. The van der Waals surface area contributed by atoms with Gasteiger partial charge in [0, 0.05) is 23.6 Å². The summed E-state index contributed by atoms with van der Waals surface area (Å²) in [6.07, 6.45) is 1.07. The summed E-state index contributed by atoms with van der Waals surface area (Å²) in [7, 11) is 0. The summed E-state index contributed by atoms with van der Waals surface area (Å²) >= 11 is 1.02. The maximum Gasteiger partial charge on any atom is 0.346 e. The number of rotatable bonds is 4. The Kier molecular flexibility index (Phi) is 3.20. The molecule has 2 aromatic rings. The lowest BCUT2D eigenvalue weighted by atomic mass is 10.4. The quantitative estimate of drug-likeness (QED) is 0.673. The molecule has 0 amide bonds. The molecule has 8 heteroatoms. The van der Waals surface area contributed by atoms with Gasteiger partial charge in [0.05, 0.1) is 4.92 Å². The topological polar surface area (TPSA) is 103 Å². The fourth-order valence-corrected chi connectivity index (χ4v) is 1.79. The summed E-state index contributed by atoms with van der Waals surface area (Å²) in [6, 6.07) is 3.96. The second-order valence-corrected chi connectivity index (χ2v) is 4.08. The van der Waals surface area contributed by atoms with Crippen molar-refractivity contribution in [1.29, 1.82) is 0 Å². The number of ether oxygens (including phenoxy) is 1. The number of hydrogen-bond acceptors (Lipinski definition) is 6. The van der Waals surface area contributed by atoms with Gasteiger partial charge in [0.1, 0.15) is 16.8 Å². The van der Waals surface area contributed by atoms with Crippen LogP contribution in [0.25, 0.3) is 0 Å². The van der Waals surface area contributed by atoms with Gasteiger partial charge in [-0.1, -0.05) is 0 Å². The van der Waals surface area contributed by atoms with E-state index in [0.717, 1.165) is 17.5 Å². The molecule has 2 rings (SSSR count). The van der Waals surface area contributed by atoms with E-state index in [1.165, 1.54) is 23.6 Å². The molecule has 0 aromatic carbocycles. The van der Waals surface area contributed by atoms with Crippen molar-refractivity contribution in [3.05, 3.63) is 44.8 Å². The first-order chi connectivity index (χ1) is 8.56. The molecule has 2 heterocycles. The van der Waals surface area contributed by atoms with Gasteiger partial charge in [-0.25, -0.2) is 9.78 Å². The van der Waals surface area contributed by atoms with Crippen molar-refractivity contribution in [2.24, 2.45) is 0 Å². The van der Waals surface area contributed by atoms with E-state index < -0.39 is 10.9 Å². The first-order valence-electron chi connectivity index (χ1n) is 4.66. The Labute approximate surface area is 104 Å². The lowest BCUT2D eigenvalue weighted by molar-refractivity contribution is -0.385. The predicted octanol–water partition coefficient (Wildman–Crippen LogP) is 2.54. The third-order valence-corrected chi connectivity index (χ3v) is 2.84. The van der Waals surface area contributed by atoms with Crippen LogP contribution in [0.1, 0.15) is 9.67 Å².